The lowest BCUT2D eigenvalue weighted by molar-refractivity contribution is -0.147. The normalized spacial score (nSPS) is 14.0. The number of piperazine rings is 1. The Morgan fingerprint density at radius 1 is 1.12 bits per heavy atom. The van der Waals surface area contributed by atoms with Gasteiger partial charge in [-0.25, -0.2) is 0 Å². The molecule has 0 unspecified atom stereocenters. The van der Waals surface area contributed by atoms with Crippen molar-refractivity contribution >= 4 is 18.2 Å². The van der Waals surface area contributed by atoms with E-state index in [4.69, 9.17) is 9.47 Å². The highest BCUT2D eigenvalue weighted by atomic mass is 16.5. The summed E-state index contributed by atoms with van der Waals surface area (Å²) < 4.78 is 10.4. The third-order valence-corrected chi connectivity index (χ3v) is 4.09. The van der Waals surface area contributed by atoms with E-state index in [0.717, 1.165) is 12.0 Å². The zero-order valence-corrected chi connectivity index (χ0v) is 14.5. The van der Waals surface area contributed by atoms with Crippen molar-refractivity contribution in [1.82, 2.24) is 15.1 Å². The van der Waals surface area contributed by atoms with E-state index in [-0.39, 0.29) is 0 Å². The monoisotopic (exact) mass is 349 g/mol. The van der Waals surface area contributed by atoms with E-state index >= 15 is 0 Å². The number of carbonyl (C=O) groups is 3. The number of nitrogens with zero attached hydrogens (tertiary/aromatic N) is 2. The van der Waals surface area contributed by atoms with Crippen molar-refractivity contribution in [1.29, 1.82) is 0 Å². The van der Waals surface area contributed by atoms with Crippen LogP contribution in [0.5, 0.6) is 11.5 Å². The van der Waals surface area contributed by atoms with Gasteiger partial charge in [-0.05, 0) is 24.1 Å². The largest absolute Gasteiger partial charge is 0.493 e. The predicted octanol–water partition coefficient (Wildman–Crippen LogP) is -0.337. The fourth-order valence-corrected chi connectivity index (χ4v) is 2.61. The van der Waals surface area contributed by atoms with Crippen LogP contribution in [0.15, 0.2) is 18.2 Å². The average molecular weight is 349 g/mol. The lowest BCUT2D eigenvalue weighted by Gasteiger charge is -2.31. The van der Waals surface area contributed by atoms with Gasteiger partial charge in [-0.2, -0.15) is 0 Å². The molecule has 136 valence electrons. The number of hydrogen-bond acceptors (Lipinski definition) is 5. The molecular weight excluding hydrogens is 326 g/mol. The summed E-state index contributed by atoms with van der Waals surface area (Å²) in [5, 5.41) is 2.63. The summed E-state index contributed by atoms with van der Waals surface area (Å²) in [6.07, 6.45) is 1.32. The lowest BCUT2D eigenvalue weighted by atomic mass is 10.1. The second kappa shape index (κ2) is 8.91. The van der Waals surface area contributed by atoms with E-state index < -0.39 is 11.8 Å². The zero-order valence-electron chi connectivity index (χ0n) is 14.5. The number of ether oxygens (including phenoxy) is 2. The molecule has 1 aromatic rings. The molecular formula is C17H23N3O5. The summed E-state index contributed by atoms with van der Waals surface area (Å²) in [5.41, 5.74) is 0.963. The van der Waals surface area contributed by atoms with Crippen LogP contribution >= 0.6 is 0 Å². The van der Waals surface area contributed by atoms with Crippen LogP contribution < -0.4 is 14.8 Å². The van der Waals surface area contributed by atoms with Crippen LogP contribution in [-0.4, -0.2) is 75.0 Å². The molecule has 0 aliphatic carbocycles. The molecule has 1 saturated heterocycles. The van der Waals surface area contributed by atoms with Crippen molar-refractivity contribution < 1.29 is 23.9 Å². The van der Waals surface area contributed by atoms with Crippen molar-refractivity contribution in [3.8, 4) is 11.5 Å². The Morgan fingerprint density at radius 2 is 1.80 bits per heavy atom. The molecule has 1 aliphatic heterocycles. The highest BCUT2D eigenvalue weighted by molar-refractivity contribution is 6.35. The maximum atomic E-state index is 12.1. The van der Waals surface area contributed by atoms with E-state index in [9.17, 15) is 14.4 Å². The molecule has 0 radical (unpaired) electrons. The van der Waals surface area contributed by atoms with Crippen LogP contribution in [0.3, 0.4) is 0 Å². The van der Waals surface area contributed by atoms with Crippen molar-refractivity contribution in [3.05, 3.63) is 23.8 Å². The highest BCUT2D eigenvalue weighted by Gasteiger charge is 2.25. The molecule has 0 bridgehead atoms. The first-order valence-corrected chi connectivity index (χ1v) is 8.06. The number of hydrogen-bond donors (Lipinski definition) is 1. The minimum absolute atomic E-state index is 0.342. The van der Waals surface area contributed by atoms with Crippen LogP contribution in [0.2, 0.25) is 0 Å². The molecule has 1 aliphatic rings. The van der Waals surface area contributed by atoms with E-state index in [1.165, 1.54) is 4.90 Å². The minimum atomic E-state index is -0.625. The van der Waals surface area contributed by atoms with Crippen LogP contribution in [0.1, 0.15) is 5.56 Å². The summed E-state index contributed by atoms with van der Waals surface area (Å²) in [6, 6.07) is 5.52. The molecule has 0 aromatic heterocycles. The second-order valence-electron chi connectivity index (χ2n) is 5.63. The van der Waals surface area contributed by atoms with Gasteiger partial charge in [-0.1, -0.05) is 6.07 Å². The van der Waals surface area contributed by atoms with Gasteiger partial charge in [-0.3, -0.25) is 14.4 Å². The molecule has 0 atom stereocenters. The van der Waals surface area contributed by atoms with E-state index in [0.29, 0.717) is 50.6 Å². The molecule has 0 spiro atoms. The maximum Gasteiger partial charge on any atom is 0.312 e. The third-order valence-electron chi connectivity index (χ3n) is 4.09. The third kappa shape index (κ3) is 4.85. The minimum Gasteiger partial charge on any atom is -0.493 e. The number of carbonyl (C=O) groups excluding carboxylic acids is 3. The molecule has 8 nitrogen and oxygen atoms in total. The highest BCUT2D eigenvalue weighted by Crippen LogP contribution is 2.27. The van der Waals surface area contributed by atoms with E-state index in [1.54, 1.807) is 25.2 Å². The van der Waals surface area contributed by atoms with Gasteiger partial charge in [0, 0.05) is 32.7 Å². The smallest absolute Gasteiger partial charge is 0.312 e. The molecule has 3 amide bonds. The van der Waals surface area contributed by atoms with Gasteiger partial charge in [0.05, 0.1) is 14.2 Å². The van der Waals surface area contributed by atoms with Gasteiger partial charge in [0.1, 0.15) is 0 Å². The van der Waals surface area contributed by atoms with Gasteiger partial charge in [0.25, 0.3) is 0 Å². The summed E-state index contributed by atoms with van der Waals surface area (Å²) in [7, 11) is 3.13. The van der Waals surface area contributed by atoms with Crippen molar-refractivity contribution in [2.24, 2.45) is 0 Å². The summed E-state index contributed by atoms with van der Waals surface area (Å²) in [6.45, 7) is 2.00. The maximum absolute atomic E-state index is 12.1. The van der Waals surface area contributed by atoms with Gasteiger partial charge >= 0.3 is 11.8 Å². The Balaban J connectivity index is 1.80. The van der Waals surface area contributed by atoms with E-state index in [2.05, 4.69) is 5.32 Å². The molecule has 1 fully saturated rings. The predicted molar refractivity (Wildman–Crippen MR) is 90.5 cm³/mol. The van der Waals surface area contributed by atoms with Gasteiger partial charge in [0.2, 0.25) is 6.41 Å². The summed E-state index contributed by atoms with van der Waals surface area (Å²) >= 11 is 0. The summed E-state index contributed by atoms with van der Waals surface area (Å²) in [5.74, 6) is 0.0771. The van der Waals surface area contributed by atoms with Crippen LogP contribution in [-0.2, 0) is 20.8 Å². The Labute approximate surface area is 146 Å². The molecule has 8 heteroatoms. The first-order valence-electron chi connectivity index (χ1n) is 8.06. The molecule has 2 rings (SSSR count). The van der Waals surface area contributed by atoms with Gasteiger partial charge in [-0.15, -0.1) is 0 Å². The quantitative estimate of drug-likeness (QED) is 0.561. The fourth-order valence-electron chi connectivity index (χ4n) is 2.61. The molecule has 1 heterocycles. The number of nitrogens with one attached hydrogen (secondary N) is 1. The van der Waals surface area contributed by atoms with Gasteiger partial charge in [0.15, 0.2) is 11.5 Å². The van der Waals surface area contributed by atoms with Crippen LogP contribution in [0.25, 0.3) is 0 Å². The Hall–Kier alpha value is -2.77. The first kappa shape index (κ1) is 18.6. The Morgan fingerprint density at radius 3 is 2.40 bits per heavy atom. The first-order chi connectivity index (χ1) is 12.1. The molecule has 1 N–H and O–H groups in total. The van der Waals surface area contributed by atoms with Crippen LogP contribution in [0, 0.1) is 0 Å². The number of benzene rings is 1. The van der Waals surface area contributed by atoms with Gasteiger partial charge < -0.3 is 24.6 Å². The zero-order chi connectivity index (χ0) is 18.2. The Bertz CT molecular complexity index is 627. The van der Waals surface area contributed by atoms with Crippen molar-refractivity contribution in [3.63, 3.8) is 0 Å². The number of amides is 3. The fraction of sp³-hybridized carbons (Fsp3) is 0.471. The standard InChI is InChI=1S/C17H23N3O5/c1-24-14-4-3-13(11-15(14)25-2)5-6-18-16(22)17(23)20-9-7-19(12-21)8-10-20/h3-4,11-12H,5-10H2,1-2H3,(H,18,22). The molecule has 25 heavy (non-hydrogen) atoms. The summed E-state index contributed by atoms with van der Waals surface area (Å²) in [4.78, 5) is 37.8. The topological polar surface area (TPSA) is 88.2 Å². The SMILES string of the molecule is COc1ccc(CCNC(=O)C(=O)N2CCN(C=O)CC2)cc1OC. The second-order valence-corrected chi connectivity index (χ2v) is 5.63. The average Bonchev–Trinajstić information content (AvgIpc) is 2.67. The molecule has 0 saturated carbocycles. The lowest BCUT2D eigenvalue weighted by Crippen LogP contribution is -2.52. The molecule has 1 aromatic carbocycles. The number of methoxy groups -OCH3 is 2. The van der Waals surface area contributed by atoms with Crippen molar-refractivity contribution in [2.45, 2.75) is 6.42 Å². The van der Waals surface area contributed by atoms with E-state index in [1.807, 2.05) is 12.1 Å². The number of rotatable bonds is 6. The van der Waals surface area contributed by atoms with Crippen molar-refractivity contribution in [2.75, 3.05) is 46.9 Å². The van der Waals surface area contributed by atoms with Crippen LogP contribution in [0.4, 0.5) is 0 Å². The Kier molecular flexibility index (Phi) is 6.62.